The Kier molecular flexibility index (Phi) is 5.25. The van der Waals surface area contributed by atoms with E-state index in [0.29, 0.717) is 0 Å². The summed E-state index contributed by atoms with van der Waals surface area (Å²) < 4.78 is 3.46. The minimum Gasteiger partial charge on any atom is -0.356 e. The zero-order valence-corrected chi connectivity index (χ0v) is 20.3. The number of benzene rings is 2. The summed E-state index contributed by atoms with van der Waals surface area (Å²) in [5.74, 6) is 2.73. The fraction of sp³-hybridized carbons (Fsp3) is 0.385. The number of aryl methyl sites for hydroxylation is 3. The van der Waals surface area contributed by atoms with Crippen molar-refractivity contribution in [3.8, 4) is 5.69 Å². The lowest BCUT2D eigenvalue weighted by Crippen LogP contribution is -2.28. The molecule has 1 aliphatic carbocycles. The molecule has 1 saturated carbocycles. The van der Waals surface area contributed by atoms with Crippen molar-refractivity contribution < 1.29 is 0 Å². The van der Waals surface area contributed by atoms with Crippen LogP contribution in [-0.2, 0) is 0 Å². The Bertz CT molecular complexity index is 1260. The average Bonchev–Trinajstić information content (AvgIpc) is 3.48. The molecule has 0 radical (unpaired) electrons. The number of halogens is 1. The predicted octanol–water partition coefficient (Wildman–Crippen LogP) is 6.89. The van der Waals surface area contributed by atoms with Crippen LogP contribution in [0.2, 0.25) is 0 Å². The van der Waals surface area contributed by atoms with Gasteiger partial charge in [-0.1, -0.05) is 41.1 Å². The maximum Gasteiger partial charge on any atom is 0.151 e. The molecule has 31 heavy (non-hydrogen) atoms. The number of hydrogen-bond acceptors (Lipinski definition) is 3. The van der Waals surface area contributed by atoms with Crippen molar-refractivity contribution in [2.24, 2.45) is 5.92 Å². The van der Waals surface area contributed by atoms with E-state index in [9.17, 15) is 0 Å². The molecule has 0 amide bonds. The molecule has 0 atom stereocenters. The van der Waals surface area contributed by atoms with Gasteiger partial charge in [-0.15, -0.1) is 0 Å². The summed E-state index contributed by atoms with van der Waals surface area (Å²) in [6, 6.07) is 13.1. The predicted molar refractivity (Wildman–Crippen MR) is 134 cm³/mol. The van der Waals surface area contributed by atoms with Crippen molar-refractivity contribution in [1.82, 2.24) is 14.5 Å². The molecule has 2 aromatic carbocycles. The molecule has 0 N–H and O–H groups in total. The third kappa shape index (κ3) is 3.63. The minimum absolute atomic E-state index is 0.807. The molecule has 5 rings (SSSR count). The van der Waals surface area contributed by atoms with Gasteiger partial charge >= 0.3 is 0 Å². The Morgan fingerprint density at radius 2 is 1.77 bits per heavy atom. The van der Waals surface area contributed by atoms with Gasteiger partial charge in [0.15, 0.2) is 5.65 Å². The van der Waals surface area contributed by atoms with Crippen molar-refractivity contribution in [2.45, 2.75) is 47.0 Å². The Morgan fingerprint density at radius 3 is 2.45 bits per heavy atom. The van der Waals surface area contributed by atoms with E-state index < -0.39 is 0 Å². The van der Waals surface area contributed by atoms with Crippen LogP contribution in [0.1, 0.15) is 43.1 Å². The molecule has 4 nitrogen and oxygen atoms in total. The van der Waals surface area contributed by atoms with Gasteiger partial charge in [0.2, 0.25) is 0 Å². The highest BCUT2D eigenvalue weighted by molar-refractivity contribution is 9.10. The lowest BCUT2D eigenvalue weighted by atomic mass is 10.1. The van der Waals surface area contributed by atoms with Crippen LogP contribution in [0.4, 0.5) is 5.82 Å². The first-order valence-electron chi connectivity index (χ1n) is 11.3. The largest absolute Gasteiger partial charge is 0.356 e. The molecule has 2 aromatic heterocycles. The summed E-state index contributed by atoms with van der Waals surface area (Å²) in [6.07, 6.45) is 3.79. The van der Waals surface area contributed by atoms with E-state index in [0.717, 1.165) is 47.2 Å². The van der Waals surface area contributed by atoms with Gasteiger partial charge in [-0.2, -0.15) is 0 Å². The molecule has 1 aliphatic rings. The number of nitrogens with zero attached hydrogens (tertiary/aromatic N) is 4. The first-order valence-corrected chi connectivity index (χ1v) is 12.1. The molecule has 0 saturated heterocycles. The van der Waals surface area contributed by atoms with Crippen LogP contribution in [0.5, 0.6) is 0 Å². The van der Waals surface area contributed by atoms with Crippen LogP contribution in [0.25, 0.3) is 27.6 Å². The van der Waals surface area contributed by atoms with E-state index in [2.05, 4.69) is 82.6 Å². The molecule has 0 unspecified atom stereocenters. The van der Waals surface area contributed by atoms with Gasteiger partial charge in [-0.05, 0) is 75.3 Å². The molecular formula is C26H29BrN4. The summed E-state index contributed by atoms with van der Waals surface area (Å²) >= 11 is 3.66. The van der Waals surface area contributed by atoms with Crippen molar-refractivity contribution in [1.29, 1.82) is 0 Å². The molecule has 0 bridgehead atoms. The van der Waals surface area contributed by atoms with Crippen LogP contribution in [-0.4, -0.2) is 27.6 Å². The van der Waals surface area contributed by atoms with Crippen LogP contribution in [0.15, 0.2) is 40.9 Å². The Hall–Kier alpha value is -2.40. The summed E-state index contributed by atoms with van der Waals surface area (Å²) in [5.41, 5.74) is 5.87. The van der Waals surface area contributed by atoms with Gasteiger partial charge in [0.05, 0.1) is 16.6 Å². The highest BCUT2D eigenvalue weighted by Crippen LogP contribution is 2.39. The summed E-state index contributed by atoms with van der Waals surface area (Å²) in [6.45, 7) is 10.8. The van der Waals surface area contributed by atoms with Gasteiger partial charge in [-0.3, -0.25) is 4.57 Å². The quantitative estimate of drug-likeness (QED) is 0.303. The Morgan fingerprint density at radius 1 is 1.06 bits per heavy atom. The maximum absolute atomic E-state index is 5.01. The number of aromatic nitrogens is 3. The summed E-state index contributed by atoms with van der Waals surface area (Å²) in [5, 5.41) is 2.41. The molecule has 2 heterocycles. The Labute approximate surface area is 192 Å². The van der Waals surface area contributed by atoms with E-state index in [1.54, 1.807) is 0 Å². The van der Waals surface area contributed by atoms with E-state index in [4.69, 9.17) is 9.97 Å². The molecule has 0 aliphatic heterocycles. The highest BCUT2D eigenvalue weighted by atomic mass is 79.9. The first kappa shape index (κ1) is 20.5. The summed E-state index contributed by atoms with van der Waals surface area (Å²) in [7, 11) is 0. The lowest BCUT2D eigenvalue weighted by molar-refractivity contribution is 0.699. The topological polar surface area (TPSA) is 34.0 Å². The van der Waals surface area contributed by atoms with E-state index in [-0.39, 0.29) is 0 Å². The third-order valence-corrected chi connectivity index (χ3v) is 6.71. The molecule has 1 fully saturated rings. The maximum atomic E-state index is 5.01. The Balaban J connectivity index is 1.87. The van der Waals surface area contributed by atoms with Gasteiger partial charge in [-0.25, -0.2) is 9.97 Å². The number of para-hydroxylation sites is 1. The second kappa shape index (κ2) is 7.94. The number of rotatable bonds is 6. The van der Waals surface area contributed by atoms with Crippen LogP contribution < -0.4 is 4.90 Å². The van der Waals surface area contributed by atoms with Crippen LogP contribution in [0, 0.1) is 26.7 Å². The van der Waals surface area contributed by atoms with Crippen LogP contribution >= 0.6 is 15.9 Å². The lowest BCUT2D eigenvalue weighted by Gasteiger charge is -2.24. The highest BCUT2D eigenvalue weighted by Gasteiger charge is 2.28. The zero-order chi connectivity index (χ0) is 21.7. The van der Waals surface area contributed by atoms with Gasteiger partial charge in [0.25, 0.3) is 0 Å². The fourth-order valence-electron chi connectivity index (χ4n) is 4.82. The normalized spacial score (nSPS) is 14.0. The van der Waals surface area contributed by atoms with Gasteiger partial charge in [0.1, 0.15) is 11.6 Å². The molecule has 4 aromatic rings. The molecule has 5 heteroatoms. The second-order valence-electron chi connectivity index (χ2n) is 8.92. The third-order valence-electron chi connectivity index (χ3n) is 6.26. The van der Waals surface area contributed by atoms with E-state index in [1.165, 1.54) is 45.9 Å². The first-order chi connectivity index (χ1) is 15.0. The monoisotopic (exact) mass is 476 g/mol. The van der Waals surface area contributed by atoms with Gasteiger partial charge in [0, 0.05) is 22.9 Å². The molecular weight excluding hydrogens is 448 g/mol. The standard InChI is InChI=1S/C26H29BrN4/c1-5-12-30(15-19-10-11-19)25-23-21-8-6-7-9-22(21)31(26(23)29-18(4)28-25)24-16(2)13-20(27)14-17(24)3/h6-9,13-14,19H,5,10-12,15H2,1-4H3. The number of hydrogen-bond donors (Lipinski definition) is 0. The smallest absolute Gasteiger partial charge is 0.151 e. The molecule has 0 spiro atoms. The van der Waals surface area contributed by atoms with Crippen molar-refractivity contribution in [2.75, 3.05) is 18.0 Å². The second-order valence-corrected chi connectivity index (χ2v) is 9.84. The van der Waals surface area contributed by atoms with Crippen LogP contribution in [0.3, 0.4) is 0 Å². The number of anilines is 1. The van der Waals surface area contributed by atoms with Crippen molar-refractivity contribution in [3.05, 3.63) is 57.8 Å². The molecule has 160 valence electrons. The van der Waals surface area contributed by atoms with Crippen molar-refractivity contribution in [3.63, 3.8) is 0 Å². The van der Waals surface area contributed by atoms with E-state index in [1.807, 2.05) is 6.92 Å². The minimum atomic E-state index is 0.807. The van der Waals surface area contributed by atoms with Gasteiger partial charge < -0.3 is 4.90 Å². The zero-order valence-electron chi connectivity index (χ0n) is 18.7. The fourth-order valence-corrected chi connectivity index (χ4v) is 5.50. The number of fused-ring (bicyclic) bond motifs is 3. The summed E-state index contributed by atoms with van der Waals surface area (Å²) in [4.78, 5) is 12.5. The SMILES string of the molecule is CCCN(CC1CC1)c1nc(C)nc2c1c1ccccc1n2-c1c(C)cc(Br)cc1C. The van der Waals surface area contributed by atoms with Crippen molar-refractivity contribution >= 4 is 43.7 Å². The average molecular weight is 477 g/mol. The van der Waals surface area contributed by atoms with E-state index >= 15 is 0 Å².